The fraction of sp³-hybridized carbons (Fsp3) is 0.538. The Morgan fingerprint density at radius 1 is 0.800 bits per heavy atom. The highest BCUT2D eigenvalue weighted by molar-refractivity contribution is 6.44. The number of hydrogen-bond donors (Lipinski definition) is 6. The van der Waals surface area contributed by atoms with Gasteiger partial charge in [-0.1, -0.05) is 30.3 Å². The highest BCUT2D eigenvalue weighted by Gasteiger charge is 2.35. The fourth-order valence-corrected chi connectivity index (χ4v) is 1.60. The molecule has 0 aliphatic rings. The van der Waals surface area contributed by atoms with E-state index < -0.39 is 14.0 Å². The summed E-state index contributed by atoms with van der Waals surface area (Å²) >= 11 is 0. The summed E-state index contributed by atoms with van der Waals surface area (Å²) in [6.07, 6.45) is 0. The number of aliphatic hydroxyl groups is 3. The molecule has 11 nitrogen and oxygen atoms in total. The third-order valence-electron chi connectivity index (χ3n) is 2.36. The van der Waals surface area contributed by atoms with Gasteiger partial charge in [0.25, 0.3) is 0 Å². The van der Waals surface area contributed by atoms with E-state index >= 15 is 0 Å². The van der Waals surface area contributed by atoms with Gasteiger partial charge in [0.15, 0.2) is 0 Å². The summed E-state index contributed by atoms with van der Waals surface area (Å²) in [7, 11) is -4.86. The first kappa shape index (κ1) is 24.0. The summed E-state index contributed by atoms with van der Waals surface area (Å²) in [5, 5.41) is 26.7. The first-order valence-electron chi connectivity index (χ1n) is 7.32. The van der Waals surface area contributed by atoms with Gasteiger partial charge in [-0.25, -0.2) is 0 Å². The zero-order valence-electron chi connectivity index (χ0n) is 13.6. The van der Waals surface area contributed by atoms with E-state index in [4.69, 9.17) is 49.0 Å². The minimum Gasteiger partial charge on any atom is -0.794 e. The Morgan fingerprint density at radius 3 is 1.48 bits per heavy atom. The maximum absolute atomic E-state index is 8.91. The topological polar surface area (TPSA) is 172 Å². The lowest BCUT2D eigenvalue weighted by molar-refractivity contribution is -1.38. The Kier molecular flexibility index (Phi) is 12.7. The summed E-state index contributed by atoms with van der Waals surface area (Å²) in [5.41, 5.74) is 0.890. The van der Waals surface area contributed by atoms with E-state index in [-0.39, 0.29) is 46.2 Å². The van der Waals surface area contributed by atoms with Gasteiger partial charge < -0.3 is 34.5 Å². The number of benzene rings is 1. The Balaban J connectivity index is 0.00000101. The zero-order valence-corrected chi connectivity index (χ0v) is 14.6. The first-order chi connectivity index (χ1) is 11.8. The van der Waals surface area contributed by atoms with Crippen LogP contribution in [-0.2, 0) is 21.1 Å². The monoisotopic (exact) mass is 383 g/mol. The van der Waals surface area contributed by atoms with Gasteiger partial charge in [-0.3, -0.25) is 0 Å². The zero-order chi connectivity index (χ0) is 19.2. The molecule has 0 atom stereocenters. The number of hydrogen-bond acceptors (Lipinski definition) is 10. The lowest BCUT2D eigenvalue weighted by atomic mass is 10.2. The molecule has 146 valence electrons. The van der Waals surface area contributed by atoms with Crippen molar-refractivity contribution < 1.29 is 54.0 Å². The van der Waals surface area contributed by atoms with Crippen LogP contribution in [0.1, 0.15) is 5.56 Å². The second kappa shape index (κ2) is 13.2. The molecule has 0 heterocycles. The maximum Gasteiger partial charge on any atom is 0.404 e. The highest BCUT2D eigenvalue weighted by atomic mass is 28.4. The Bertz CT molecular complexity index is 403. The van der Waals surface area contributed by atoms with Crippen molar-refractivity contribution in [2.45, 2.75) is 6.54 Å². The smallest absolute Gasteiger partial charge is 0.404 e. The molecule has 0 aromatic heterocycles. The van der Waals surface area contributed by atoms with E-state index in [1.54, 1.807) is 0 Å². The molecule has 1 aromatic rings. The lowest BCUT2D eigenvalue weighted by Gasteiger charge is -2.29. The molecule has 0 aliphatic carbocycles. The van der Waals surface area contributed by atoms with Gasteiger partial charge in [-0.15, -0.1) is 14.5 Å². The predicted octanol–water partition coefficient (Wildman–Crippen LogP) is -3.47. The van der Waals surface area contributed by atoms with Crippen LogP contribution in [0.2, 0.25) is 0 Å². The summed E-state index contributed by atoms with van der Waals surface area (Å²) in [5.74, 6) is 0. The molecule has 1 rings (SSSR count). The van der Waals surface area contributed by atoms with Gasteiger partial charge >= 0.3 is 9.05 Å². The van der Waals surface area contributed by atoms with Crippen molar-refractivity contribution in [3.63, 3.8) is 0 Å². The summed E-state index contributed by atoms with van der Waals surface area (Å²) in [4.78, 5) is 46.1. The van der Waals surface area contributed by atoms with E-state index in [0.29, 0.717) is 0 Å². The molecule has 0 amide bonds. The summed E-state index contributed by atoms with van der Waals surface area (Å²) in [6, 6.07) is 9.37. The highest BCUT2D eigenvalue weighted by Crippen LogP contribution is 2.18. The number of rotatable bonds is 11. The van der Waals surface area contributed by atoms with E-state index in [1.165, 1.54) is 0 Å². The predicted molar refractivity (Wildman–Crippen MR) is 81.9 cm³/mol. The second-order valence-corrected chi connectivity index (χ2v) is 5.65. The van der Waals surface area contributed by atoms with E-state index in [2.05, 4.69) is 0 Å². The largest absolute Gasteiger partial charge is 0.794 e. The van der Waals surface area contributed by atoms with Crippen LogP contribution in [0.3, 0.4) is 0 Å². The SMILES string of the molecule is OCCO[N+](Cc1ccccc1)(OCCO)OCCO.[O-][Si](O)(O)O. The molecule has 0 aliphatic heterocycles. The third kappa shape index (κ3) is 13.9. The van der Waals surface area contributed by atoms with Crippen LogP contribution in [0.15, 0.2) is 30.3 Å². The number of nitrogens with zero attached hydrogens (tertiary/aromatic N) is 1. The molecule has 12 heteroatoms. The Hall–Kier alpha value is -1.00. The van der Waals surface area contributed by atoms with Crippen LogP contribution in [0.4, 0.5) is 0 Å². The lowest BCUT2D eigenvalue weighted by Crippen LogP contribution is -2.50. The minimum absolute atomic E-state index is 0.00366. The van der Waals surface area contributed by atoms with Gasteiger partial charge in [-0.05, 0) is 0 Å². The maximum atomic E-state index is 8.91. The standard InChI is InChI=1S/C13H22NO6.H3O4Si/c15-6-9-18-14(19-10-7-16,20-11-8-17)12-13-4-2-1-3-5-13;1-5(2,3)4/h1-5,15-17H,6-12H2;1-3H/q+1;-1. The molecular formula is C13H25NO10Si. The van der Waals surface area contributed by atoms with E-state index in [9.17, 15) is 0 Å². The van der Waals surface area contributed by atoms with Crippen molar-refractivity contribution in [1.82, 2.24) is 0 Å². The third-order valence-corrected chi connectivity index (χ3v) is 2.36. The molecule has 0 fully saturated rings. The molecule has 0 spiro atoms. The van der Waals surface area contributed by atoms with E-state index in [0.717, 1.165) is 5.56 Å². The van der Waals surface area contributed by atoms with Crippen molar-refractivity contribution in [1.29, 1.82) is 0 Å². The van der Waals surface area contributed by atoms with Gasteiger partial charge in [0.05, 0.1) is 24.8 Å². The Morgan fingerprint density at radius 2 is 1.16 bits per heavy atom. The average Bonchev–Trinajstić information content (AvgIpc) is 2.55. The summed E-state index contributed by atoms with van der Waals surface area (Å²) in [6.45, 7) is -0.350. The molecule has 0 bridgehead atoms. The molecule has 1 aromatic carbocycles. The van der Waals surface area contributed by atoms with Gasteiger partial charge in [0.1, 0.15) is 19.8 Å². The molecule has 0 unspecified atom stereocenters. The van der Waals surface area contributed by atoms with Crippen LogP contribution >= 0.6 is 0 Å². The molecule has 6 N–H and O–H groups in total. The van der Waals surface area contributed by atoms with E-state index in [1.807, 2.05) is 30.3 Å². The molecule has 0 saturated carbocycles. The van der Waals surface area contributed by atoms with Crippen LogP contribution < -0.4 is 4.80 Å². The molecule has 25 heavy (non-hydrogen) atoms. The van der Waals surface area contributed by atoms with Gasteiger partial charge in [0, 0.05) is 5.56 Å². The van der Waals surface area contributed by atoms with Gasteiger partial charge in [0.2, 0.25) is 6.54 Å². The first-order valence-corrected chi connectivity index (χ1v) is 9.07. The van der Waals surface area contributed by atoms with Crippen molar-refractivity contribution in [3.8, 4) is 0 Å². The van der Waals surface area contributed by atoms with Crippen LogP contribution in [-0.4, -0.2) is 83.4 Å². The molecule has 0 radical (unpaired) electrons. The number of hydroxylamine groups is 3. The van der Waals surface area contributed by atoms with Crippen molar-refractivity contribution in [3.05, 3.63) is 35.9 Å². The van der Waals surface area contributed by atoms with Crippen molar-refractivity contribution >= 4 is 9.05 Å². The summed E-state index contributed by atoms with van der Waals surface area (Å²) < 4.78 is 0. The van der Waals surface area contributed by atoms with Crippen molar-refractivity contribution in [2.24, 2.45) is 0 Å². The van der Waals surface area contributed by atoms with Crippen LogP contribution in [0.25, 0.3) is 0 Å². The number of quaternary nitrogens is 1. The van der Waals surface area contributed by atoms with Crippen LogP contribution in [0, 0.1) is 0 Å². The van der Waals surface area contributed by atoms with Crippen molar-refractivity contribution in [2.75, 3.05) is 39.6 Å². The second-order valence-electron chi connectivity index (χ2n) is 4.50. The van der Waals surface area contributed by atoms with Crippen LogP contribution in [0.5, 0.6) is 0 Å². The fourth-order valence-electron chi connectivity index (χ4n) is 1.60. The van der Waals surface area contributed by atoms with Gasteiger partial charge in [-0.2, -0.15) is 0 Å². The Labute approximate surface area is 146 Å². The average molecular weight is 383 g/mol. The molecular weight excluding hydrogens is 358 g/mol. The minimum atomic E-state index is -4.86. The molecule has 0 saturated heterocycles. The number of aliphatic hydroxyl groups excluding tert-OH is 3. The quantitative estimate of drug-likeness (QED) is 0.128. The normalized spacial score (nSPS) is 11.8.